The van der Waals surface area contributed by atoms with E-state index in [1.807, 2.05) is 51.1 Å². The van der Waals surface area contributed by atoms with E-state index in [9.17, 15) is 9.59 Å². The van der Waals surface area contributed by atoms with Crippen LogP contribution in [0.4, 0.5) is 22.0 Å². The van der Waals surface area contributed by atoms with Gasteiger partial charge in [0.05, 0.1) is 0 Å². The summed E-state index contributed by atoms with van der Waals surface area (Å²) in [6.45, 7) is 5.99. The van der Waals surface area contributed by atoms with Gasteiger partial charge in [0, 0.05) is 28.4 Å². The van der Waals surface area contributed by atoms with Crippen LogP contribution in [0.25, 0.3) is 0 Å². The van der Waals surface area contributed by atoms with Gasteiger partial charge >= 0.3 is 6.03 Å². The number of aromatic nitrogens is 1. The van der Waals surface area contributed by atoms with E-state index in [-0.39, 0.29) is 11.3 Å². The number of nitrogens with zero attached hydrogens (tertiary/aromatic N) is 1. The Balaban J connectivity index is 1.33. The van der Waals surface area contributed by atoms with E-state index in [2.05, 4.69) is 21.1 Å². The number of hydrogen-bond donors (Lipinski definition) is 3. The highest BCUT2D eigenvalue weighted by Crippen LogP contribution is 2.26. The average Bonchev–Trinajstić information content (AvgIpc) is 3.30. The second-order valence-corrected chi connectivity index (χ2v) is 8.88. The lowest BCUT2D eigenvalue weighted by atomic mass is 9.93. The fourth-order valence-corrected chi connectivity index (χ4v) is 3.13. The molecule has 178 valence electrons. The Hall–Kier alpha value is -4.59. The molecule has 0 atom stereocenters. The van der Waals surface area contributed by atoms with Crippen molar-refractivity contribution in [3.05, 3.63) is 96.3 Å². The molecule has 3 N–H and O–H groups in total. The fraction of sp³-hybridized carbons (Fsp3) is 0.148. The van der Waals surface area contributed by atoms with E-state index < -0.39 is 6.03 Å². The van der Waals surface area contributed by atoms with Gasteiger partial charge in [-0.15, -0.1) is 0 Å². The van der Waals surface area contributed by atoms with E-state index >= 15 is 0 Å². The molecule has 3 amide bonds. The number of anilines is 3. The molecule has 0 fully saturated rings. The van der Waals surface area contributed by atoms with Gasteiger partial charge in [-0.2, -0.15) is 0 Å². The zero-order chi connectivity index (χ0) is 24.8. The Kier molecular flexibility index (Phi) is 6.82. The molecule has 1 heterocycles. The number of rotatable bonds is 6. The molecule has 0 radical (unpaired) electrons. The zero-order valence-electron chi connectivity index (χ0n) is 19.7. The van der Waals surface area contributed by atoms with Gasteiger partial charge in [0.15, 0.2) is 5.82 Å². The maximum atomic E-state index is 12.5. The molecule has 4 rings (SSSR count). The summed E-state index contributed by atoms with van der Waals surface area (Å²) in [5.41, 5.74) is 1.56. The summed E-state index contributed by atoms with van der Waals surface area (Å²) in [5, 5.41) is 12.1. The van der Waals surface area contributed by atoms with E-state index in [0.29, 0.717) is 40.0 Å². The summed E-state index contributed by atoms with van der Waals surface area (Å²) in [5.74, 6) is 1.86. The van der Waals surface area contributed by atoms with Gasteiger partial charge in [0.2, 0.25) is 0 Å². The third-order valence-electron chi connectivity index (χ3n) is 4.97. The van der Waals surface area contributed by atoms with Crippen LogP contribution in [0.2, 0.25) is 0 Å². The molecular formula is C27H26N4O4. The molecule has 1 aromatic heterocycles. The molecule has 0 saturated carbocycles. The third kappa shape index (κ3) is 6.48. The van der Waals surface area contributed by atoms with Crippen LogP contribution in [0.5, 0.6) is 11.5 Å². The van der Waals surface area contributed by atoms with Crippen LogP contribution < -0.4 is 20.7 Å². The zero-order valence-corrected chi connectivity index (χ0v) is 19.7. The van der Waals surface area contributed by atoms with Crippen molar-refractivity contribution in [1.29, 1.82) is 0 Å². The molecule has 0 saturated heterocycles. The van der Waals surface area contributed by atoms with Crippen molar-refractivity contribution in [2.75, 3.05) is 16.0 Å². The van der Waals surface area contributed by atoms with Crippen LogP contribution in [-0.2, 0) is 5.41 Å². The summed E-state index contributed by atoms with van der Waals surface area (Å²) in [7, 11) is 0. The Morgan fingerprint density at radius 2 is 1.49 bits per heavy atom. The topological polar surface area (TPSA) is 105 Å². The molecule has 0 aliphatic rings. The molecular weight excluding hydrogens is 444 g/mol. The maximum absolute atomic E-state index is 12.5. The number of amides is 3. The number of carbonyl (C=O) groups excluding carboxylic acids is 2. The Morgan fingerprint density at radius 3 is 2.17 bits per heavy atom. The van der Waals surface area contributed by atoms with Crippen LogP contribution in [0, 0.1) is 0 Å². The SMILES string of the molecule is CC(C)(C)c1cc(NC(=O)Nc2ccc(Oc3cccc(C(=O)Nc4ccccc4)c3)cc2)no1. The van der Waals surface area contributed by atoms with Crippen molar-refractivity contribution in [2.45, 2.75) is 26.2 Å². The number of para-hydroxylation sites is 1. The predicted molar refractivity (Wildman–Crippen MR) is 135 cm³/mol. The van der Waals surface area contributed by atoms with E-state index in [1.165, 1.54) is 0 Å². The van der Waals surface area contributed by atoms with Gasteiger partial charge < -0.3 is 19.9 Å². The number of carbonyl (C=O) groups is 2. The van der Waals surface area contributed by atoms with Crippen molar-refractivity contribution in [3.8, 4) is 11.5 Å². The number of ether oxygens (including phenoxy) is 1. The van der Waals surface area contributed by atoms with Crippen LogP contribution in [0.1, 0.15) is 36.9 Å². The summed E-state index contributed by atoms with van der Waals surface area (Å²) in [4.78, 5) is 24.8. The molecule has 0 spiro atoms. The Bertz CT molecular complexity index is 1310. The minimum atomic E-state index is -0.440. The van der Waals surface area contributed by atoms with Gasteiger partial charge in [-0.3, -0.25) is 10.1 Å². The maximum Gasteiger partial charge on any atom is 0.324 e. The van der Waals surface area contributed by atoms with Crippen molar-refractivity contribution < 1.29 is 18.8 Å². The highest BCUT2D eigenvalue weighted by atomic mass is 16.5. The highest BCUT2D eigenvalue weighted by molar-refractivity contribution is 6.04. The molecule has 0 unspecified atom stereocenters. The first kappa shape index (κ1) is 23.6. The van der Waals surface area contributed by atoms with Crippen LogP contribution in [0.15, 0.2) is 89.5 Å². The van der Waals surface area contributed by atoms with Crippen LogP contribution in [0.3, 0.4) is 0 Å². The third-order valence-corrected chi connectivity index (χ3v) is 4.97. The molecule has 0 aliphatic carbocycles. The second-order valence-electron chi connectivity index (χ2n) is 8.88. The monoisotopic (exact) mass is 470 g/mol. The lowest BCUT2D eigenvalue weighted by molar-refractivity contribution is 0.102. The Labute approximate surface area is 203 Å². The number of benzene rings is 3. The molecule has 8 heteroatoms. The van der Waals surface area contributed by atoms with Gasteiger partial charge in [0.25, 0.3) is 5.91 Å². The summed E-state index contributed by atoms with van der Waals surface area (Å²) in [6.07, 6.45) is 0. The summed E-state index contributed by atoms with van der Waals surface area (Å²) in [6, 6.07) is 24.3. The van der Waals surface area contributed by atoms with Gasteiger partial charge in [-0.25, -0.2) is 4.79 Å². The molecule has 0 aliphatic heterocycles. The Morgan fingerprint density at radius 1 is 0.771 bits per heavy atom. The van der Waals surface area contributed by atoms with Crippen LogP contribution in [-0.4, -0.2) is 17.1 Å². The average molecular weight is 471 g/mol. The van der Waals surface area contributed by atoms with Crippen molar-refractivity contribution in [2.24, 2.45) is 0 Å². The number of urea groups is 1. The second kappa shape index (κ2) is 10.1. The fourth-order valence-electron chi connectivity index (χ4n) is 3.13. The summed E-state index contributed by atoms with van der Waals surface area (Å²) < 4.78 is 11.2. The van der Waals surface area contributed by atoms with E-state index in [0.717, 1.165) is 0 Å². The van der Waals surface area contributed by atoms with Gasteiger partial charge in [-0.05, 0) is 54.6 Å². The van der Waals surface area contributed by atoms with E-state index in [1.54, 1.807) is 54.6 Å². The minimum Gasteiger partial charge on any atom is -0.457 e. The van der Waals surface area contributed by atoms with Gasteiger partial charge in [-0.1, -0.05) is 50.2 Å². The normalized spacial score (nSPS) is 10.9. The van der Waals surface area contributed by atoms with Gasteiger partial charge in [0.1, 0.15) is 17.3 Å². The number of hydrogen-bond acceptors (Lipinski definition) is 5. The van der Waals surface area contributed by atoms with E-state index in [4.69, 9.17) is 9.26 Å². The van der Waals surface area contributed by atoms with Crippen molar-refractivity contribution >= 4 is 29.1 Å². The van der Waals surface area contributed by atoms with Crippen molar-refractivity contribution in [3.63, 3.8) is 0 Å². The highest BCUT2D eigenvalue weighted by Gasteiger charge is 2.20. The lowest BCUT2D eigenvalue weighted by Gasteiger charge is -2.12. The molecule has 35 heavy (non-hydrogen) atoms. The standard InChI is InChI=1S/C27H26N4O4/c1-27(2,3)23-17-24(31-35-23)30-26(33)29-20-12-14-21(15-13-20)34-22-11-7-8-18(16-22)25(32)28-19-9-5-4-6-10-19/h4-17H,1-3H3,(H,28,32)(H2,29,30,31,33). The molecule has 3 aromatic carbocycles. The van der Waals surface area contributed by atoms with Crippen LogP contribution >= 0.6 is 0 Å². The quantitative estimate of drug-likeness (QED) is 0.292. The smallest absolute Gasteiger partial charge is 0.324 e. The summed E-state index contributed by atoms with van der Waals surface area (Å²) >= 11 is 0. The molecule has 0 bridgehead atoms. The molecule has 8 nitrogen and oxygen atoms in total. The lowest BCUT2D eigenvalue weighted by Crippen LogP contribution is -2.19. The predicted octanol–water partition coefficient (Wildman–Crippen LogP) is 6.66. The number of nitrogens with one attached hydrogen (secondary N) is 3. The molecule has 4 aromatic rings. The largest absolute Gasteiger partial charge is 0.457 e. The van der Waals surface area contributed by atoms with Crippen molar-refractivity contribution in [1.82, 2.24) is 5.16 Å². The first-order chi connectivity index (χ1) is 16.8. The first-order valence-electron chi connectivity index (χ1n) is 11.1. The minimum absolute atomic E-state index is 0.204. The first-order valence-corrected chi connectivity index (χ1v) is 11.1.